The van der Waals surface area contributed by atoms with Crippen molar-refractivity contribution in [3.63, 3.8) is 0 Å². The number of halogens is 3. The number of carbonyl (C=O) groups is 1. The predicted octanol–water partition coefficient (Wildman–Crippen LogP) is 2.88. The molecular formula is C14H13F3N2O3. The molecule has 1 heterocycles. The smallest absolute Gasteiger partial charge is 0.487 e. The van der Waals surface area contributed by atoms with Crippen LogP contribution in [0, 0.1) is 0 Å². The number of ether oxygens (including phenoxy) is 1. The van der Waals surface area contributed by atoms with Gasteiger partial charge < -0.3 is 15.6 Å². The Morgan fingerprint density at radius 3 is 2.23 bits per heavy atom. The number of nitrogens with two attached hydrogens (primary N) is 1. The van der Waals surface area contributed by atoms with Crippen molar-refractivity contribution in [1.29, 1.82) is 0 Å². The molecular weight excluding hydrogens is 301 g/mol. The summed E-state index contributed by atoms with van der Waals surface area (Å²) >= 11 is 0. The van der Waals surface area contributed by atoms with Gasteiger partial charge in [0.25, 0.3) is 0 Å². The van der Waals surface area contributed by atoms with Crippen molar-refractivity contribution in [2.24, 2.45) is 0 Å². The van der Waals surface area contributed by atoms with Crippen LogP contribution in [0.5, 0.6) is 5.75 Å². The maximum Gasteiger partial charge on any atom is 0.490 e. The number of anilines is 1. The van der Waals surface area contributed by atoms with Crippen LogP contribution in [0.2, 0.25) is 0 Å². The van der Waals surface area contributed by atoms with Gasteiger partial charge in [0.15, 0.2) is 0 Å². The van der Waals surface area contributed by atoms with Crippen LogP contribution in [0.4, 0.5) is 19.0 Å². The van der Waals surface area contributed by atoms with E-state index in [0.717, 1.165) is 11.3 Å². The van der Waals surface area contributed by atoms with E-state index in [2.05, 4.69) is 4.98 Å². The molecule has 0 saturated heterocycles. The maximum atomic E-state index is 10.6. The van der Waals surface area contributed by atoms with Gasteiger partial charge in [-0.3, -0.25) is 0 Å². The Morgan fingerprint density at radius 2 is 1.77 bits per heavy atom. The number of carboxylic acids is 1. The number of benzene rings is 1. The summed E-state index contributed by atoms with van der Waals surface area (Å²) in [6.07, 6.45) is -3.46. The Kier molecular flexibility index (Phi) is 6.18. The van der Waals surface area contributed by atoms with Crippen LogP contribution in [0.15, 0.2) is 48.7 Å². The van der Waals surface area contributed by atoms with Crippen molar-refractivity contribution in [3.05, 3.63) is 54.2 Å². The highest BCUT2D eigenvalue weighted by atomic mass is 19.4. The minimum absolute atomic E-state index is 0.502. The molecule has 0 radical (unpaired) electrons. The first-order valence-corrected chi connectivity index (χ1v) is 5.97. The van der Waals surface area contributed by atoms with Crippen molar-refractivity contribution in [2.75, 3.05) is 5.73 Å². The summed E-state index contributed by atoms with van der Waals surface area (Å²) in [5.74, 6) is -1.53. The van der Waals surface area contributed by atoms with Crippen molar-refractivity contribution >= 4 is 11.8 Å². The second-order valence-corrected chi connectivity index (χ2v) is 4.00. The first-order chi connectivity index (χ1) is 10.3. The third-order valence-electron chi connectivity index (χ3n) is 2.25. The predicted molar refractivity (Wildman–Crippen MR) is 73.1 cm³/mol. The number of rotatable bonds is 3. The number of nitrogen functional groups attached to an aromatic ring is 1. The molecule has 0 bridgehead atoms. The summed E-state index contributed by atoms with van der Waals surface area (Å²) in [4.78, 5) is 12.8. The summed E-state index contributed by atoms with van der Waals surface area (Å²) in [5, 5.41) is 7.12. The summed E-state index contributed by atoms with van der Waals surface area (Å²) in [6, 6.07) is 13.5. The molecule has 118 valence electrons. The fourth-order valence-corrected chi connectivity index (χ4v) is 1.22. The van der Waals surface area contributed by atoms with Crippen LogP contribution < -0.4 is 10.5 Å². The summed E-state index contributed by atoms with van der Waals surface area (Å²) in [6.45, 7) is 0.548. The fourth-order valence-electron chi connectivity index (χ4n) is 1.22. The van der Waals surface area contributed by atoms with Crippen LogP contribution >= 0.6 is 0 Å². The molecule has 0 atom stereocenters. The molecule has 0 aliphatic heterocycles. The van der Waals surface area contributed by atoms with Crippen molar-refractivity contribution in [2.45, 2.75) is 12.8 Å². The van der Waals surface area contributed by atoms with Gasteiger partial charge in [0.05, 0.1) is 6.20 Å². The Morgan fingerprint density at radius 1 is 1.18 bits per heavy atom. The molecule has 3 N–H and O–H groups in total. The van der Waals surface area contributed by atoms with Crippen molar-refractivity contribution in [3.8, 4) is 5.75 Å². The number of carboxylic acid groups (broad SMARTS) is 1. The molecule has 0 saturated carbocycles. The van der Waals surface area contributed by atoms with Gasteiger partial charge in [-0.25, -0.2) is 9.78 Å². The van der Waals surface area contributed by atoms with Gasteiger partial charge in [-0.1, -0.05) is 30.3 Å². The highest BCUT2D eigenvalue weighted by Crippen LogP contribution is 2.13. The van der Waals surface area contributed by atoms with Gasteiger partial charge >= 0.3 is 12.1 Å². The third kappa shape index (κ3) is 6.60. The van der Waals surface area contributed by atoms with Crippen LogP contribution in [0.1, 0.15) is 5.56 Å². The molecule has 1 aromatic carbocycles. The van der Waals surface area contributed by atoms with E-state index >= 15 is 0 Å². The number of hydrogen-bond acceptors (Lipinski definition) is 4. The van der Waals surface area contributed by atoms with E-state index < -0.39 is 12.1 Å². The number of alkyl halides is 3. The molecule has 0 aliphatic rings. The largest absolute Gasteiger partial charge is 0.490 e. The molecule has 0 spiro atoms. The highest BCUT2D eigenvalue weighted by molar-refractivity contribution is 5.73. The lowest BCUT2D eigenvalue weighted by molar-refractivity contribution is -0.192. The molecule has 1 aromatic heterocycles. The summed E-state index contributed by atoms with van der Waals surface area (Å²) in [5.41, 5.74) is 6.60. The average molecular weight is 314 g/mol. The van der Waals surface area contributed by atoms with E-state index in [-0.39, 0.29) is 0 Å². The maximum absolute atomic E-state index is 10.6. The summed E-state index contributed by atoms with van der Waals surface area (Å²) < 4.78 is 37.3. The average Bonchev–Trinajstić information content (AvgIpc) is 2.47. The van der Waals surface area contributed by atoms with Gasteiger partial charge in [-0.05, 0) is 17.7 Å². The van der Waals surface area contributed by atoms with Crippen LogP contribution in [0.3, 0.4) is 0 Å². The highest BCUT2D eigenvalue weighted by Gasteiger charge is 2.38. The van der Waals surface area contributed by atoms with Gasteiger partial charge in [0, 0.05) is 0 Å². The van der Waals surface area contributed by atoms with Crippen LogP contribution in [-0.4, -0.2) is 22.2 Å². The molecule has 5 nitrogen and oxygen atoms in total. The lowest BCUT2D eigenvalue weighted by atomic mass is 10.2. The Hall–Kier alpha value is -2.77. The van der Waals surface area contributed by atoms with Gasteiger partial charge in [0.1, 0.15) is 18.2 Å². The number of pyridine rings is 1. The molecule has 8 heteroatoms. The molecule has 0 unspecified atom stereocenters. The van der Waals surface area contributed by atoms with E-state index in [4.69, 9.17) is 20.4 Å². The fraction of sp³-hybridized carbons (Fsp3) is 0.143. The van der Waals surface area contributed by atoms with E-state index in [9.17, 15) is 13.2 Å². The first-order valence-electron chi connectivity index (χ1n) is 5.97. The van der Waals surface area contributed by atoms with Crippen LogP contribution in [0.25, 0.3) is 0 Å². The zero-order valence-corrected chi connectivity index (χ0v) is 11.2. The third-order valence-corrected chi connectivity index (χ3v) is 2.25. The monoisotopic (exact) mass is 314 g/mol. The zero-order valence-electron chi connectivity index (χ0n) is 11.2. The van der Waals surface area contributed by atoms with E-state index in [1.165, 1.54) is 0 Å². The SMILES string of the molecule is Nc1ccc(OCc2ccccc2)cn1.O=C(O)C(F)(F)F. The van der Waals surface area contributed by atoms with E-state index in [1.54, 1.807) is 12.3 Å². The standard InChI is InChI=1S/C12H12N2O.C2HF3O2/c13-12-7-6-11(8-14-12)15-9-10-4-2-1-3-5-10;3-2(4,5)1(6)7/h1-8H,9H2,(H2,13,14);(H,6,7). The zero-order chi connectivity index (χ0) is 16.6. The molecule has 2 aromatic rings. The normalized spacial score (nSPS) is 10.3. The number of hydrogen-bond donors (Lipinski definition) is 2. The summed E-state index contributed by atoms with van der Waals surface area (Å²) in [7, 11) is 0. The molecule has 2 rings (SSSR count). The molecule has 0 fully saturated rings. The second kappa shape index (κ2) is 7.87. The molecule has 0 aliphatic carbocycles. The van der Waals surface area contributed by atoms with Crippen LogP contribution in [-0.2, 0) is 11.4 Å². The Balaban J connectivity index is 0.000000295. The number of aliphatic carboxylic acids is 1. The van der Waals surface area contributed by atoms with Gasteiger partial charge in [-0.2, -0.15) is 13.2 Å². The quantitative estimate of drug-likeness (QED) is 0.910. The van der Waals surface area contributed by atoms with E-state index in [1.807, 2.05) is 36.4 Å². The second-order valence-electron chi connectivity index (χ2n) is 4.00. The first kappa shape index (κ1) is 17.3. The Labute approximate surface area is 124 Å². The minimum Gasteiger partial charge on any atom is -0.487 e. The number of nitrogens with zero attached hydrogens (tertiary/aromatic N) is 1. The topological polar surface area (TPSA) is 85.4 Å². The van der Waals surface area contributed by atoms with E-state index in [0.29, 0.717) is 12.4 Å². The lowest BCUT2D eigenvalue weighted by Gasteiger charge is -2.05. The molecule has 22 heavy (non-hydrogen) atoms. The minimum atomic E-state index is -5.08. The lowest BCUT2D eigenvalue weighted by Crippen LogP contribution is -2.21. The Bertz CT molecular complexity index is 587. The molecule has 0 amide bonds. The van der Waals surface area contributed by atoms with Gasteiger partial charge in [0.2, 0.25) is 0 Å². The van der Waals surface area contributed by atoms with Crippen molar-refractivity contribution in [1.82, 2.24) is 4.98 Å². The van der Waals surface area contributed by atoms with Gasteiger partial charge in [-0.15, -0.1) is 0 Å². The van der Waals surface area contributed by atoms with Crippen molar-refractivity contribution < 1.29 is 27.8 Å². The number of aromatic nitrogens is 1.